The SMILES string of the molecule is C=CC(=O)N(CCC=O)/C(CC)=N\Cc1ccc(C(F)(F)F)cc1. The number of amides is 1. The lowest BCUT2D eigenvalue weighted by molar-refractivity contribution is -0.137. The van der Waals surface area contributed by atoms with Gasteiger partial charge in [0.05, 0.1) is 12.1 Å². The van der Waals surface area contributed by atoms with Gasteiger partial charge in [0, 0.05) is 19.4 Å². The average molecular weight is 340 g/mol. The van der Waals surface area contributed by atoms with Crippen molar-refractivity contribution in [3.8, 4) is 0 Å². The van der Waals surface area contributed by atoms with Crippen LogP contribution in [0.2, 0.25) is 0 Å². The van der Waals surface area contributed by atoms with Crippen LogP contribution in [0.25, 0.3) is 0 Å². The Morgan fingerprint density at radius 3 is 2.38 bits per heavy atom. The molecule has 0 N–H and O–H groups in total. The summed E-state index contributed by atoms with van der Waals surface area (Å²) in [6, 6.07) is 4.69. The fraction of sp³-hybridized carbons (Fsp3) is 0.353. The van der Waals surface area contributed by atoms with E-state index >= 15 is 0 Å². The van der Waals surface area contributed by atoms with Crippen molar-refractivity contribution in [3.05, 3.63) is 48.0 Å². The molecule has 0 bridgehead atoms. The number of rotatable bonds is 7. The molecule has 0 fully saturated rings. The third-order valence-electron chi connectivity index (χ3n) is 3.26. The fourth-order valence-electron chi connectivity index (χ4n) is 2.03. The quantitative estimate of drug-likeness (QED) is 0.329. The lowest BCUT2D eigenvalue weighted by Crippen LogP contribution is -2.36. The summed E-state index contributed by atoms with van der Waals surface area (Å²) < 4.78 is 37.6. The van der Waals surface area contributed by atoms with Crippen molar-refractivity contribution in [2.45, 2.75) is 32.5 Å². The van der Waals surface area contributed by atoms with Crippen molar-refractivity contribution >= 4 is 18.0 Å². The molecular weight excluding hydrogens is 321 g/mol. The first-order valence-electron chi connectivity index (χ1n) is 7.40. The van der Waals surface area contributed by atoms with Gasteiger partial charge in [-0.3, -0.25) is 14.7 Å². The predicted molar refractivity (Wildman–Crippen MR) is 85.5 cm³/mol. The van der Waals surface area contributed by atoms with Gasteiger partial charge in [-0.25, -0.2) is 0 Å². The van der Waals surface area contributed by atoms with Gasteiger partial charge in [-0.15, -0.1) is 0 Å². The summed E-state index contributed by atoms with van der Waals surface area (Å²) in [5.74, 6) is 0.0894. The lowest BCUT2D eigenvalue weighted by atomic mass is 10.1. The predicted octanol–water partition coefficient (Wildman–Crippen LogP) is 3.62. The minimum absolute atomic E-state index is 0.142. The summed E-state index contributed by atoms with van der Waals surface area (Å²) in [4.78, 5) is 28.1. The molecule has 1 aromatic rings. The highest BCUT2D eigenvalue weighted by molar-refractivity contribution is 6.02. The molecule has 1 aromatic carbocycles. The van der Waals surface area contributed by atoms with E-state index in [1.54, 1.807) is 6.92 Å². The maximum atomic E-state index is 12.5. The van der Waals surface area contributed by atoms with E-state index in [0.717, 1.165) is 18.2 Å². The van der Waals surface area contributed by atoms with Crippen LogP contribution >= 0.6 is 0 Å². The summed E-state index contributed by atoms with van der Waals surface area (Å²) in [5, 5.41) is 0. The Labute approximate surface area is 138 Å². The standard InChI is InChI=1S/C17H19F3N2O2/c1-3-15(22(10-5-11-23)16(24)4-2)21-12-13-6-8-14(9-7-13)17(18,19)20/h4,6-9,11H,2-3,5,10,12H2,1H3/b21-15-. The number of nitrogens with zero attached hydrogens (tertiary/aromatic N) is 2. The van der Waals surface area contributed by atoms with Gasteiger partial charge in [-0.05, 0) is 23.8 Å². The number of carbonyl (C=O) groups is 2. The zero-order chi connectivity index (χ0) is 18.2. The Hall–Kier alpha value is -2.44. The second-order valence-corrected chi connectivity index (χ2v) is 4.93. The van der Waals surface area contributed by atoms with E-state index in [2.05, 4.69) is 11.6 Å². The van der Waals surface area contributed by atoms with Gasteiger partial charge in [0.15, 0.2) is 0 Å². The van der Waals surface area contributed by atoms with Gasteiger partial charge < -0.3 is 4.79 Å². The van der Waals surface area contributed by atoms with Crippen molar-refractivity contribution in [1.82, 2.24) is 4.90 Å². The number of carbonyl (C=O) groups excluding carboxylic acids is 2. The Morgan fingerprint density at radius 1 is 1.29 bits per heavy atom. The second kappa shape index (κ2) is 9.00. The van der Waals surface area contributed by atoms with Crippen LogP contribution in [-0.4, -0.2) is 29.5 Å². The second-order valence-electron chi connectivity index (χ2n) is 4.93. The Bertz CT molecular complexity index is 607. The molecule has 0 spiro atoms. The monoisotopic (exact) mass is 340 g/mol. The molecule has 0 aliphatic rings. The molecule has 0 aliphatic heterocycles. The molecule has 0 radical (unpaired) electrons. The number of aldehydes is 1. The van der Waals surface area contributed by atoms with Crippen molar-refractivity contribution in [1.29, 1.82) is 0 Å². The average Bonchev–Trinajstić information content (AvgIpc) is 2.56. The van der Waals surface area contributed by atoms with Crippen molar-refractivity contribution in [2.75, 3.05) is 6.54 Å². The molecule has 7 heteroatoms. The van der Waals surface area contributed by atoms with E-state index in [-0.39, 0.29) is 25.4 Å². The van der Waals surface area contributed by atoms with Crippen LogP contribution in [0.5, 0.6) is 0 Å². The van der Waals surface area contributed by atoms with E-state index in [1.165, 1.54) is 17.0 Å². The van der Waals surface area contributed by atoms with Crippen LogP contribution in [0, 0.1) is 0 Å². The van der Waals surface area contributed by atoms with E-state index in [0.29, 0.717) is 24.1 Å². The lowest BCUT2D eigenvalue weighted by Gasteiger charge is -2.21. The highest BCUT2D eigenvalue weighted by Crippen LogP contribution is 2.29. The third kappa shape index (κ3) is 5.64. The topological polar surface area (TPSA) is 49.7 Å². The Balaban J connectivity index is 2.91. The van der Waals surface area contributed by atoms with E-state index < -0.39 is 11.7 Å². The molecule has 24 heavy (non-hydrogen) atoms. The molecule has 1 amide bonds. The normalized spacial score (nSPS) is 11.9. The number of halogens is 3. The first kappa shape index (κ1) is 19.6. The summed E-state index contributed by atoms with van der Waals surface area (Å²) in [5.41, 5.74) is -0.129. The summed E-state index contributed by atoms with van der Waals surface area (Å²) in [7, 11) is 0. The first-order chi connectivity index (χ1) is 11.3. The molecule has 0 saturated heterocycles. The van der Waals surface area contributed by atoms with Gasteiger partial charge in [0.1, 0.15) is 12.1 Å². The molecule has 4 nitrogen and oxygen atoms in total. The van der Waals surface area contributed by atoms with Crippen LogP contribution in [0.4, 0.5) is 13.2 Å². The first-order valence-corrected chi connectivity index (χ1v) is 7.40. The summed E-state index contributed by atoms with van der Waals surface area (Å²) in [6.07, 6.45) is -1.93. The number of hydrogen-bond donors (Lipinski definition) is 0. The van der Waals surface area contributed by atoms with Crippen molar-refractivity contribution in [3.63, 3.8) is 0 Å². The summed E-state index contributed by atoms with van der Waals surface area (Å²) >= 11 is 0. The Morgan fingerprint density at radius 2 is 1.92 bits per heavy atom. The molecule has 0 aliphatic carbocycles. The van der Waals surface area contributed by atoms with Gasteiger partial charge >= 0.3 is 6.18 Å². The number of aliphatic imine (C=N–C) groups is 1. The number of amidine groups is 1. The van der Waals surface area contributed by atoms with E-state index in [1.807, 2.05) is 0 Å². The zero-order valence-corrected chi connectivity index (χ0v) is 13.3. The number of hydrogen-bond acceptors (Lipinski definition) is 3. The number of benzene rings is 1. The zero-order valence-electron chi connectivity index (χ0n) is 13.3. The van der Waals surface area contributed by atoms with Crippen LogP contribution in [-0.2, 0) is 22.3 Å². The minimum Gasteiger partial charge on any atom is -0.303 e. The molecule has 1 rings (SSSR count). The molecule has 0 saturated carbocycles. The summed E-state index contributed by atoms with van der Waals surface area (Å²) in [6.45, 7) is 5.55. The molecule has 130 valence electrons. The maximum Gasteiger partial charge on any atom is 0.416 e. The smallest absolute Gasteiger partial charge is 0.303 e. The van der Waals surface area contributed by atoms with E-state index in [4.69, 9.17) is 0 Å². The maximum absolute atomic E-state index is 12.5. The van der Waals surface area contributed by atoms with Crippen LogP contribution in [0.1, 0.15) is 30.9 Å². The fourth-order valence-corrected chi connectivity index (χ4v) is 2.03. The van der Waals surface area contributed by atoms with Gasteiger partial charge in [-0.2, -0.15) is 13.2 Å². The van der Waals surface area contributed by atoms with Gasteiger partial charge in [0.25, 0.3) is 5.91 Å². The highest BCUT2D eigenvalue weighted by atomic mass is 19.4. The Kier molecular flexibility index (Phi) is 7.35. The molecule has 0 unspecified atom stereocenters. The largest absolute Gasteiger partial charge is 0.416 e. The van der Waals surface area contributed by atoms with Crippen LogP contribution in [0.15, 0.2) is 41.9 Å². The van der Waals surface area contributed by atoms with E-state index in [9.17, 15) is 22.8 Å². The molecular formula is C17H19F3N2O2. The minimum atomic E-state index is -4.38. The highest BCUT2D eigenvalue weighted by Gasteiger charge is 2.29. The molecule has 0 atom stereocenters. The third-order valence-corrected chi connectivity index (χ3v) is 3.26. The molecule has 0 heterocycles. The van der Waals surface area contributed by atoms with Crippen molar-refractivity contribution < 1.29 is 22.8 Å². The van der Waals surface area contributed by atoms with Crippen LogP contribution in [0.3, 0.4) is 0 Å². The molecule has 0 aromatic heterocycles. The van der Waals surface area contributed by atoms with Gasteiger partial charge in [-0.1, -0.05) is 25.6 Å². The van der Waals surface area contributed by atoms with Gasteiger partial charge in [0.2, 0.25) is 0 Å². The van der Waals surface area contributed by atoms with Crippen molar-refractivity contribution in [2.24, 2.45) is 4.99 Å². The number of alkyl halides is 3. The van der Waals surface area contributed by atoms with Crippen LogP contribution < -0.4 is 0 Å².